The van der Waals surface area contributed by atoms with E-state index in [1.54, 1.807) is 5.57 Å². The normalized spacial score (nSPS) is 30.7. The zero-order valence-electron chi connectivity index (χ0n) is 8.59. The maximum atomic E-state index is 2.40. The van der Waals surface area contributed by atoms with Crippen LogP contribution in [0.3, 0.4) is 0 Å². The third-order valence-electron chi connectivity index (χ3n) is 2.82. The van der Waals surface area contributed by atoms with Gasteiger partial charge in [0.25, 0.3) is 0 Å². The van der Waals surface area contributed by atoms with E-state index in [0.29, 0.717) is 6.04 Å². The highest BCUT2D eigenvalue weighted by Gasteiger charge is 2.26. The van der Waals surface area contributed by atoms with Crippen molar-refractivity contribution in [3.8, 4) is 0 Å². The van der Waals surface area contributed by atoms with Gasteiger partial charge in [-0.15, -0.1) is 0 Å². The number of hydrogen-bond donors (Lipinski definition) is 0. The third-order valence-corrected chi connectivity index (χ3v) is 2.82. The van der Waals surface area contributed by atoms with Crippen LogP contribution in [0.15, 0.2) is 23.4 Å². The van der Waals surface area contributed by atoms with E-state index < -0.39 is 0 Å². The van der Waals surface area contributed by atoms with Crippen LogP contribution in [0, 0.1) is 0 Å². The molecule has 1 nitrogen and oxygen atoms in total. The minimum atomic E-state index is 0.654. The maximum Gasteiger partial charge on any atom is 0.0497 e. The van der Waals surface area contributed by atoms with Gasteiger partial charge in [-0.25, -0.2) is 0 Å². The molecule has 1 aliphatic heterocycles. The Morgan fingerprint density at radius 1 is 1.42 bits per heavy atom. The Kier molecular flexibility index (Phi) is 2.96. The van der Waals surface area contributed by atoms with Gasteiger partial charge in [0.2, 0.25) is 0 Å². The van der Waals surface area contributed by atoms with Crippen LogP contribution in [0.5, 0.6) is 0 Å². The first-order valence-electron chi connectivity index (χ1n) is 4.77. The first kappa shape index (κ1) is 9.37. The molecule has 0 N–H and O–H groups in total. The maximum absolute atomic E-state index is 2.40. The number of nitrogens with zero attached hydrogens (tertiary/aromatic N) is 1. The van der Waals surface area contributed by atoms with E-state index in [0.717, 1.165) is 6.42 Å². The Morgan fingerprint density at radius 3 is 2.42 bits per heavy atom. The van der Waals surface area contributed by atoms with Crippen molar-refractivity contribution in [1.29, 1.82) is 0 Å². The van der Waals surface area contributed by atoms with Crippen LogP contribution in [0.4, 0.5) is 0 Å². The molecule has 1 aliphatic rings. The lowest BCUT2D eigenvalue weighted by atomic mass is 10.1. The molecule has 68 valence electrons. The van der Waals surface area contributed by atoms with Crippen molar-refractivity contribution < 1.29 is 0 Å². The number of rotatable bonds is 1. The van der Waals surface area contributed by atoms with E-state index >= 15 is 0 Å². The van der Waals surface area contributed by atoms with Crippen LogP contribution in [0.25, 0.3) is 0 Å². The SMILES string of the molecule is C/C=C1\C/C(=C\C)N(C)C1CC. The fourth-order valence-electron chi connectivity index (χ4n) is 2.04. The van der Waals surface area contributed by atoms with Gasteiger partial charge in [0.05, 0.1) is 0 Å². The van der Waals surface area contributed by atoms with Crippen molar-refractivity contribution in [2.75, 3.05) is 7.05 Å². The van der Waals surface area contributed by atoms with Gasteiger partial charge >= 0.3 is 0 Å². The fraction of sp³-hybridized carbons (Fsp3) is 0.636. The van der Waals surface area contributed by atoms with Gasteiger partial charge in [0.1, 0.15) is 0 Å². The van der Waals surface area contributed by atoms with Crippen LogP contribution >= 0.6 is 0 Å². The lowest BCUT2D eigenvalue weighted by Crippen LogP contribution is -2.23. The number of hydrogen-bond acceptors (Lipinski definition) is 1. The second-order valence-electron chi connectivity index (χ2n) is 3.36. The van der Waals surface area contributed by atoms with E-state index in [1.807, 2.05) is 0 Å². The molecule has 1 fully saturated rings. The topological polar surface area (TPSA) is 3.24 Å². The second kappa shape index (κ2) is 3.79. The van der Waals surface area contributed by atoms with Gasteiger partial charge in [-0.2, -0.15) is 0 Å². The first-order valence-corrected chi connectivity index (χ1v) is 4.77. The second-order valence-corrected chi connectivity index (χ2v) is 3.36. The van der Waals surface area contributed by atoms with Crippen LogP contribution in [-0.4, -0.2) is 18.0 Å². The first-order chi connectivity index (χ1) is 5.74. The number of likely N-dealkylation sites (N-methyl/N-ethyl adjacent to an activating group) is 1. The Bertz CT molecular complexity index is 213. The van der Waals surface area contributed by atoms with Gasteiger partial charge in [-0.1, -0.05) is 19.1 Å². The zero-order chi connectivity index (χ0) is 9.14. The van der Waals surface area contributed by atoms with Gasteiger partial charge in [-0.05, 0) is 25.8 Å². The van der Waals surface area contributed by atoms with Crippen LogP contribution in [0.1, 0.15) is 33.6 Å². The molecule has 1 heterocycles. The highest BCUT2D eigenvalue weighted by atomic mass is 15.2. The standard InChI is InChI=1S/C11H19N/c1-5-9-8-10(6-2)12(4)11(9)7-3/h5-6,11H,7-8H2,1-4H3/b9-5+,10-6+. The summed E-state index contributed by atoms with van der Waals surface area (Å²) in [4.78, 5) is 2.40. The summed E-state index contributed by atoms with van der Waals surface area (Å²) in [5, 5.41) is 0. The molecular weight excluding hydrogens is 146 g/mol. The highest BCUT2D eigenvalue weighted by Crippen LogP contribution is 2.32. The van der Waals surface area contributed by atoms with Gasteiger partial charge in [0.15, 0.2) is 0 Å². The van der Waals surface area contributed by atoms with E-state index in [4.69, 9.17) is 0 Å². The van der Waals surface area contributed by atoms with Crippen LogP contribution in [-0.2, 0) is 0 Å². The molecule has 12 heavy (non-hydrogen) atoms. The monoisotopic (exact) mass is 165 g/mol. The molecular formula is C11H19N. The van der Waals surface area contributed by atoms with Crippen molar-refractivity contribution >= 4 is 0 Å². The average Bonchev–Trinajstić information content (AvgIpc) is 2.41. The summed E-state index contributed by atoms with van der Waals surface area (Å²) >= 11 is 0. The van der Waals surface area contributed by atoms with E-state index in [2.05, 4.69) is 44.9 Å². The molecule has 0 saturated carbocycles. The summed E-state index contributed by atoms with van der Waals surface area (Å²) in [6.07, 6.45) is 6.86. The Hall–Kier alpha value is -0.720. The van der Waals surface area contributed by atoms with Gasteiger partial charge in [0, 0.05) is 25.2 Å². The molecule has 0 aromatic rings. The summed E-state index contributed by atoms with van der Waals surface area (Å²) in [6.45, 7) is 6.52. The van der Waals surface area contributed by atoms with Gasteiger partial charge < -0.3 is 4.90 Å². The summed E-state index contributed by atoms with van der Waals surface area (Å²) in [5.41, 5.74) is 3.04. The Labute approximate surface area is 75.8 Å². The summed E-state index contributed by atoms with van der Waals surface area (Å²) in [6, 6.07) is 0.654. The van der Waals surface area contributed by atoms with Gasteiger partial charge in [-0.3, -0.25) is 0 Å². The molecule has 0 aliphatic carbocycles. The molecule has 1 heteroatoms. The van der Waals surface area contributed by atoms with Crippen molar-refractivity contribution in [2.24, 2.45) is 0 Å². The molecule has 1 rings (SSSR count). The largest absolute Gasteiger partial charge is 0.371 e. The van der Waals surface area contributed by atoms with E-state index in [-0.39, 0.29) is 0 Å². The number of likely N-dealkylation sites (tertiary alicyclic amines) is 1. The molecule has 0 amide bonds. The van der Waals surface area contributed by atoms with Crippen molar-refractivity contribution in [3.63, 3.8) is 0 Å². The van der Waals surface area contributed by atoms with Crippen molar-refractivity contribution in [3.05, 3.63) is 23.4 Å². The molecule has 0 aromatic carbocycles. The summed E-state index contributed by atoms with van der Waals surface area (Å²) in [5.74, 6) is 0. The lowest BCUT2D eigenvalue weighted by Gasteiger charge is -2.21. The predicted octanol–water partition coefficient (Wildman–Crippen LogP) is 2.95. The third kappa shape index (κ3) is 1.40. The Morgan fingerprint density at radius 2 is 2.08 bits per heavy atom. The summed E-state index contributed by atoms with van der Waals surface area (Å²) in [7, 11) is 2.19. The molecule has 0 aromatic heterocycles. The average molecular weight is 165 g/mol. The molecule has 0 spiro atoms. The van der Waals surface area contributed by atoms with Crippen molar-refractivity contribution in [1.82, 2.24) is 4.90 Å². The quantitative estimate of drug-likeness (QED) is 0.540. The Balaban J connectivity index is 2.87. The molecule has 0 bridgehead atoms. The predicted molar refractivity (Wildman–Crippen MR) is 54.0 cm³/mol. The smallest absolute Gasteiger partial charge is 0.0497 e. The molecule has 1 saturated heterocycles. The molecule has 1 unspecified atom stereocenters. The van der Waals surface area contributed by atoms with Crippen LogP contribution < -0.4 is 0 Å². The molecule has 1 atom stereocenters. The fourth-order valence-corrected chi connectivity index (χ4v) is 2.04. The summed E-state index contributed by atoms with van der Waals surface area (Å²) < 4.78 is 0. The highest BCUT2D eigenvalue weighted by molar-refractivity contribution is 5.27. The van der Waals surface area contributed by atoms with Crippen molar-refractivity contribution in [2.45, 2.75) is 39.7 Å². The minimum Gasteiger partial charge on any atom is -0.371 e. The lowest BCUT2D eigenvalue weighted by molar-refractivity contribution is 0.371. The van der Waals surface area contributed by atoms with Crippen LogP contribution in [0.2, 0.25) is 0 Å². The minimum absolute atomic E-state index is 0.654. The number of allylic oxidation sites excluding steroid dienone is 3. The molecule has 0 radical (unpaired) electrons. The zero-order valence-corrected chi connectivity index (χ0v) is 8.59. The van der Waals surface area contributed by atoms with E-state index in [1.165, 1.54) is 12.1 Å². The van der Waals surface area contributed by atoms with E-state index in [9.17, 15) is 0 Å².